The molecule has 0 radical (unpaired) electrons. The van der Waals surface area contributed by atoms with E-state index in [1.165, 1.54) is 12.0 Å². The summed E-state index contributed by atoms with van der Waals surface area (Å²) in [6.07, 6.45) is 1.11. The van der Waals surface area contributed by atoms with Crippen molar-refractivity contribution in [1.82, 2.24) is 4.98 Å². The van der Waals surface area contributed by atoms with E-state index in [4.69, 9.17) is 9.47 Å². The Balaban J connectivity index is 1.41. The number of anilines is 2. The second kappa shape index (κ2) is 13.1. The third-order valence-electron chi connectivity index (χ3n) is 6.26. The first kappa shape index (κ1) is 27.9. The normalized spacial score (nSPS) is 11.5. The fourth-order valence-corrected chi connectivity index (χ4v) is 5.01. The molecule has 0 spiro atoms. The summed E-state index contributed by atoms with van der Waals surface area (Å²) in [7, 11) is 5.34. The summed E-state index contributed by atoms with van der Waals surface area (Å²) in [6.45, 7) is 2.60. The average Bonchev–Trinajstić information content (AvgIpc) is 3.34. The lowest BCUT2D eigenvalue weighted by molar-refractivity contribution is -0.141. The van der Waals surface area contributed by atoms with Crippen molar-refractivity contribution in [2.75, 3.05) is 38.0 Å². The van der Waals surface area contributed by atoms with Gasteiger partial charge < -0.3 is 19.7 Å². The standard InChI is InChI=1S/C31H33N3O4S/c1-21-26(33-31(39-21)34(2)3)18-19-38-24-16-14-22(15-17-24)20-28(30(36)37-4)32-27-13-9-8-12-25(27)29(35)23-10-6-5-7-11-23/h5-17,28,32H,18-20H2,1-4H3. The van der Waals surface area contributed by atoms with Crippen LogP contribution in [0.4, 0.5) is 10.8 Å². The molecule has 0 bridgehead atoms. The number of rotatable bonds is 12. The maximum absolute atomic E-state index is 13.1. The molecule has 0 saturated heterocycles. The Hall–Kier alpha value is -4.17. The number of methoxy groups -OCH3 is 1. The number of esters is 1. The highest BCUT2D eigenvalue weighted by molar-refractivity contribution is 7.15. The first-order valence-electron chi connectivity index (χ1n) is 12.7. The number of benzene rings is 3. The smallest absolute Gasteiger partial charge is 0.328 e. The highest BCUT2D eigenvalue weighted by atomic mass is 32.1. The van der Waals surface area contributed by atoms with Gasteiger partial charge in [-0.2, -0.15) is 0 Å². The van der Waals surface area contributed by atoms with E-state index in [1.54, 1.807) is 35.6 Å². The second-order valence-electron chi connectivity index (χ2n) is 9.30. The molecule has 0 amide bonds. The van der Waals surface area contributed by atoms with Crippen molar-refractivity contribution in [2.45, 2.75) is 25.8 Å². The summed E-state index contributed by atoms with van der Waals surface area (Å²) in [5, 5.41) is 4.24. The summed E-state index contributed by atoms with van der Waals surface area (Å²) in [5.74, 6) is 0.225. The Morgan fingerprint density at radius 1 is 0.974 bits per heavy atom. The number of para-hydroxylation sites is 1. The second-order valence-corrected chi connectivity index (χ2v) is 10.5. The molecule has 0 saturated carbocycles. The number of aromatic nitrogens is 1. The minimum absolute atomic E-state index is 0.116. The van der Waals surface area contributed by atoms with Gasteiger partial charge in [0.15, 0.2) is 10.9 Å². The number of hydrogen-bond donors (Lipinski definition) is 1. The van der Waals surface area contributed by atoms with Crippen LogP contribution in [-0.2, 0) is 22.4 Å². The van der Waals surface area contributed by atoms with Crippen LogP contribution < -0.4 is 15.0 Å². The third kappa shape index (κ3) is 7.23. The van der Waals surface area contributed by atoms with E-state index < -0.39 is 12.0 Å². The average molecular weight is 544 g/mol. The number of ether oxygens (including phenoxy) is 2. The molecule has 0 fully saturated rings. The number of carbonyl (C=O) groups is 2. The van der Waals surface area contributed by atoms with Crippen LogP contribution in [0, 0.1) is 6.92 Å². The molecule has 0 aliphatic rings. The largest absolute Gasteiger partial charge is 0.493 e. The van der Waals surface area contributed by atoms with Crippen LogP contribution >= 0.6 is 11.3 Å². The summed E-state index contributed by atoms with van der Waals surface area (Å²) in [4.78, 5) is 33.7. The lowest BCUT2D eigenvalue weighted by Crippen LogP contribution is -2.33. The highest BCUT2D eigenvalue weighted by Gasteiger charge is 2.22. The number of aryl methyl sites for hydroxylation is 1. The summed E-state index contributed by atoms with van der Waals surface area (Å²) >= 11 is 1.68. The number of thiazole rings is 1. The number of hydrogen-bond acceptors (Lipinski definition) is 8. The molecule has 1 heterocycles. The summed E-state index contributed by atoms with van der Waals surface area (Å²) in [5.41, 5.74) is 3.65. The molecule has 7 nitrogen and oxygen atoms in total. The van der Waals surface area contributed by atoms with Gasteiger partial charge in [-0.1, -0.05) is 54.6 Å². The van der Waals surface area contributed by atoms with Crippen LogP contribution in [0.25, 0.3) is 0 Å². The zero-order valence-corrected chi connectivity index (χ0v) is 23.5. The Bertz CT molecular complexity index is 1400. The van der Waals surface area contributed by atoms with Crippen molar-refractivity contribution < 1.29 is 19.1 Å². The molecule has 0 aliphatic heterocycles. The van der Waals surface area contributed by atoms with E-state index in [1.807, 2.05) is 73.6 Å². The lowest BCUT2D eigenvalue weighted by atomic mass is 10.00. The fraction of sp³-hybridized carbons (Fsp3) is 0.258. The molecule has 202 valence electrons. The third-order valence-corrected chi connectivity index (χ3v) is 7.44. The monoisotopic (exact) mass is 543 g/mol. The Morgan fingerprint density at radius 3 is 2.33 bits per heavy atom. The Kier molecular flexibility index (Phi) is 9.33. The van der Waals surface area contributed by atoms with Crippen molar-refractivity contribution in [3.8, 4) is 5.75 Å². The minimum Gasteiger partial charge on any atom is -0.493 e. The van der Waals surface area contributed by atoms with Crippen LogP contribution in [0.2, 0.25) is 0 Å². The molecule has 8 heteroatoms. The maximum Gasteiger partial charge on any atom is 0.328 e. The molecule has 3 aromatic carbocycles. The van der Waals surface area contributed by atoms with E-state index in [9.17, 15) is 9.59 Å². The molecule has 1 N–H and O–H groups in total. The van der Waals surface area contributed by atoms with Crippen LogP contribution in [0.15, 0.2) is 78.9 Å². The molecule has 4 aromatic rings. The SMILES string of the molecule is COC(=O)C(Cc1ccc(OCCc2nc(N(C)C)sc2C)cc1)Nc1ccccc1C(=O)c1ccccc1. The Labute approximate surface area is 233 Å². The molecule has 4 rings (SSSR count). The van der Waals surface area contributed by atoms with Gasteiger partial charge in [0.1, 0.15) is 11.8 Å². The molecule has 0 aliphatic carbocycles. The maximum atomic E-state index is 13.1. The summed E-state index contributed by atoms with van der Waals surface area (Å²) in [6, 6.07) is 23.3. The van der Waals surface area contributed by atoms with Gasteiger partial charge in [0.05, 0.1) is 19.4 Å². The van der Waals surface area contributed by atoms with E-state index >= 15 is 0 Å². The van der Waals surface area contributed by atoms with Gasteiger partial charge in [-0.3, -0.25) is 4.79 Å². The molecule has 1 unspecified atom stereocenters. The van der Waals surface area contributed by atoms with Gasteiger partial charge in [-0.25, -0.2) is 9.78 Å². The van der Waals surface area contributed by atoms with Gasteiger partial charge in [0, 0.05) is 48.6 Å². The fourth-order valence-electron chi connectivity index (χ4n) is 4.13. The zero-order chi connectivity index (χ0) is 27.8. The predicted molar refractivity (Wildman–Crippen MR) is 156 cm³/mol. The van der Waals surface area contributed by atoms with Crippen LogP contribution in [0.3, 0.4) is 0 Å². The topological polar surface area (TPSA) is 80.8 Å². The van der Waals surface area contributed by atoms with Gasteiger partial charge >= 0.3 is 5.97 Å². The van der Waals surface area contributed by atoms with Crippen molar-refractivity contribution >= 4 is 33.9 Å². The van der Waals surface area contributed by atoms with Crippen molar-refractivity contribution in [3.63, 3.8) is 0 Å². The van der Waals surface area contributed by atoms with Crippen LogP contribution in [-0.4, -0.2) is 50.6 Å². The first-order valence-corrected chi connectivity index (χ1v) is 13.6. The van der Waals surface area contributed by atoms with Gasteiger partial charge in [0.25, 0.3) is 0 Å². The lowest BCUT2D eigenvalue weighted by Gasteiger charge is -2.20. The first-order chi connectivity index (χ1) is 18.9. The Morgan fingerprint density at radius 2 is 1.67 bits per heavy atom. The molecular formula is C31H33N3O4S. The van der Waals surface area contributed by atoms with E-state index in [-0.39, 0.29) is 5.78 Å². The minimum atomic E-state index is -0.676. The van der Waals surface area contributed by atoms with Crippen molar-refractivity contribution in [2.24, 2.45) is 0 Å². The molecule has 1 aromatic heterocycles. The molecule has 1 atom stereocenters. The zero-order valence-electron chi connectivity index (χ0n) is 22.6. The molecule has 39 heavy (non-hydrogen) atoms. The quantitative estimate of drug-likeness (QED) is 0.185. The van der Waals surface area contributed by atoms with Crippen molar-refractivity contribution in [1.29, 1.82) is 0 Å². The van der Waals surface area contributed by atoms with E-state index in [0.717, 1.165) is 28.6 Å². The van der Waals surface area contributed by atoms with E-state index in [2.05, 4.69) is 17.2 Å². The van der Waals surface area contributed by atoms with Crippen LogP contribution in [0.5, 0.6) is 5.75 Å². The van der Waals surface area contributed by atoms with E-state index in [0.29, 0.717) is 29.8 Å². The highest BCUT2D eigenvalue weighted by Crippen LogP contribution is 2.25. The van der Waals surface area contributed by atoms with Crippen molar-refractivity contribution in [3.05, 3.63) is 106 Å². The number of ketones is 1. The summed E-state index contributed by atoms with van der Waals surface area (Å²) < 4.78 is 11.0. The molecular weight excluding hydrogens is 510 g/mol. The number of nitrogens with one attached hydrogen (secondary N) is 1. The van der Waals surface area contributed by atoms with Gasteiger partial charge in [0.2, 0.25) is 0 Å². The number of carbonyl (C=O) groups excluding carboxylic acids is 2. The predicted octanol–water partition coefficient (Wildman–Crippen LogP) is 5.57. The van der Waals surface area contributed by atoms with Gasteiger partial charge in [-0.15, -0.1) is 11.3 Å². The van der Waals surface area contributed by atoms with Crippen LogP contribution in [0.1, 0.15) is 32.1 Å². The van der Waals surface area contributed by atoms with Gasteiger partial charge in [-0.05, 0) is 36.8 Å². The number of nitrogens with zero attached hydrogens (tertiary/aromatic N) is 2.